The molecule has 0 saturated carbocycles. The Morgan fingerprint density at radius 2 is 1.64 bits per heavy atom. The molecule has 0 aromatic heterocycles. The van der Waals surface area contributed by atoms with Gasteiger partial charge in [0.15, 0.2) is 0 Å². The minimum atomic E-state index is -3.95. The molecule has 3 aromatic carbocycles. The van der Waals surface area contributed by atoms with Gasteiger partial charge >= 0.3 is 10.2 Å². The van der Waals surface area contributed by atoms with Crippen LogP contribution in [0.2, 0.25) is 0 Å². The normalized spacial score (nSPS) is 14.2. The molecule has 8 heteroatoms. The number of fused-ring (bicyclic) bond motifs is 1. The van der Waals surface area contributed by atoms with Crippen molar-refractivity contribution < 1.29 is 17.6 Å². The molecule has 0 heterocycles. The Balaban J connectivity index is 1.48. The van der Waals surface area contributed by atoms with Gasteiger partial charge in [0.25, 0.3) is 5.91 Å². The van der Waals surface area contributed by atoms with Gasteiger partial charge in [0.05, 0.1) is 18.3 Å². The summed E-state index contributed by atoms with van der Waals surface area (Å²) >= 11 is 0. The summed E-state index contributed by atoms with van der Waals surface area (Å²) in [5, 5.41) is 3.05. The van der Waals surface area contributed by atoms with Crippen molar-refractivity contribution in [3.8, 4) is 0 Å². The number of hydrogen-bond donors (Lipinski definition) is 1. The fourth-order valence-electron chi connectivity index (χ4n) is 4.46. The van der Waals surface area contributed by atoms with Crippen molar-refractivity contribution in [2.24, 2.45) is 0 Å². The van der Waals surface area contributed by atoms with Crippen LogP contribution in [0.5, 0.6) is 0 Å². The van der Waals surface area contributed by atoms with Gasteiger partial charge in [-0.3, -0.25) is 9.10 Å². The van der Waals surface area contributed by atoms with Crippen LogP contribution in [-0.4, -0.2) is 32.7 Å². The topological polar surface area (TPSA) is 69.7 Å². The molecule has 0 bridgehead atoms. The third-order valence-electron chi connectivity index (χ3n) is 6.62. The van der Waals surface area contributed by atoms with E-state index in [1.165, 1.54) is 56.3 Å². The molecule has 1 amide bonds. The predicted octanol–water partition coefficient (Wildman–Crippen LogP) is 5.01. The van der Waals surface area contributed by atoms with Crippen LogP contribution in [0.25, 0.3) is 0 Å². The summed E-state index contributed by atoms with van der Waals surface area (Å²) in [6.07, 6.45) is 4.63. The third-order valence-corrected chi connectivity index (χ3v) is 8.43. The summed E-state index contributed by atoms with van der Waals surface area (Å²) in [7, 11) is -1.14. The summed E-state index contributed by atoms with van der Waals surface area (Å²) in [5.41, 5.74) is 4.91. The summed E-state index contributed by atoms with van der Waals surface area (Å²) < 4.78 is 42.4. The molecule has 1 N–H and O–H groups in total. The van der Waals surface area contributed by atoms with Crippen LogP contribution in [0, 0.1) is 5.82 Å². The van der Waals surface area contributed by atoms with Crippen LogP contribution in [0.3, 0.4) is 0 Å². The largest absolute Gasteiger partial charge is 0.346 e. The lowest BCUT2D eigenvalue weighted by Gasteiger charge is -2.27. The first-order chi connectivity index (χ1) is 17.2. The van der Waals surface area contributed by atoms with Crippen LogP contribution in [0.4, 0.5) is 10.1 Å². The molecule has 190 valence electrons. The number of aryl methyl sites for hydroxylation is 2. The molecule has 1 aliphatic carbocycles. The smallest absolute Gasteiger partial charge is 0.303 e. The average Bonchev–Trinajstić information content (AvgIpc) is 2.87. The van der Waals surface area contributed by atoms with Crippen LogP contribution in [-0.2, 0) is 29.6 Å². The highest BCUT2D eigenvalue weighted by atomic mass is 32.2. The zero-order valence-electron chi connectivity index (χ0n) is 20.9. The van der Waals surface area contributed by atoms with E-state index in [0.717, 1.165) is 27.0 Å². The molecule has 0 aliphatic heterocycles. The van der Waals surface area contributed by atoms with E-state index < -0.39 is 16.0 Å². The van der Waals surface area contributed by atoms with E-state index in [9.17, 15) is 17.6 Å². The Hall–Kier alpha value is -3.23. The molecule has 4 rings (SSSR count). The lowest BCUT2D eigenvalue weighted by Crippen LogP contribution is -2.40. The average molecular weight is 510 g/mol. The molecule has 36 heavy (non-hydrogen) atoms. The molecule has 0 fully saturated rings. The van der Waals surface area contributed by atoms with Crippen molar-refractivity contribution in [2.75, 3.05) is 18.4 Å². The maximum Gasteiger partial charge on any atom is 0.303 e. The number of rotatable bonds is 8. The number of benzene rings is 3. The number of amides is 1. The molecule has 1 atom stereocenters. The first-order valence-electron chi connectivity index (χ1n) is 12.1. The third kappa shape index (κ3) is 5.60. The lowest BCUT2D eigenvalue weighted by atomic mass is 9.89. The number of para-hydroxylation sites is 1. The maximum atomic E-state index is 14.5. The summed E-state index contributed by atoms with van der Waals surface area (Å²) in [6, 6.07) is 18.8. The Labute approximate surface area is 212 Å². The van der Waals surface area contributed by atoms with Crippen molar-refractivity contribution in [1.29, 1.82) is 0 Å². The van der Waals surface area contributed by atoms with E-state index in [2.05, 4.69) is 23.5 Å². The van der Waals surface area contributed by atoms with Gasteiger partial charge in [0, 0.05) is 19.7 Å². The number of halogens is 1. The van der Waals surface area contributed by atoms with Crippen LogP contribution in [0.15, 0.2) is 66.7 Å². The molecule has 1 aliphatic rings. The second-order valence-electron chi connectivity index (χ2n) is 9.38. The van der Waals surface area contributed by atoms with Crippen molar-refractivity contribution >= 4 is 21.8 Å². The van der Waals surface area contributed by atoms with Gasteiger partial charge in [-0.2, -0.15) is 12.7 Å². The van der Waals surface area contributed by atoms with E-state index in [4.69, 9.17) is 0 Å². The van der Waals surface area contributed by atoms with Crippen molar-refractivity contribution in [1.82, 2.24) is 9.62 Å². The highest BCUT2D eigenvalue weighted by Crippen LogP contribution is 2.27. The molecule has 3 aromatic rings. The van der Waals surface area contributed by atoms with E-state index in [1.54, 1.807) is 30.3 Å². The quantitative estimate of drug-likeness (QED) is 0.464. The number of nitrogens with zero attached hydrogens (tertiary/aromatic N) is 2. The Bertz CT molecular complexity index is 1340. The van der Waals surface area contributed by atoms with Crippen molar-refractivity contribution in [3.63, 3.8) is 0 Å². The fourth-order valence-corrected chi connectivity index (χ4v) is 5.56. The molecule has 0 radical (unpaired) electrons. The lowest BCUT2D eigenvalue weighted by molar-refractivity contribution is 0.0940. The van der Waals surface area contributed by atoms with Crippen molar-refractivity contribution in [3.05, 3.63) is 100 Å². The Morgan fingerprint density at radius 3 is 2.31 bits per heavy atom. The second kappa shape index (κ2) is 10.8. The van der Waals surface area contributed by atoms with Gasteiger partial charge in [-0.25, -0.2) is 4.39 Å². The molecule has 0 saturated heterocycles. The predicted molar refractivity (Wildman–Crippen MR) is 141 cm³/mol. The summed E-state index contributed by atoms with van der Waals surface area (Å²) in [6.45, 7) is 1.89. The van der Waals surface area contributed by atoms with Crippen LogP contribution in [0.1, 0.15) is 58.4 Å². The minimum Gasteiger partial charge on any atom is -0.346 e. The number of anilines is 1. The van der Waals surface area contributed by atoms with Crippen LogP contribution < -0.4 is 9.62 Å². The SMILES string of the molecule is C[C@@H](NC(=O)c1ccc(CN(c2ccccc2F)S(=O)(=O)N(C)C)cc1)c1ccc2c(c1)CCCC2. The first-order valence-corrected chi connectivity index (χ1v) is 13.5. The van der Waals surface area contributed by atoms with Gasteiger partial charge < -0.3 is 5.32 Å². The Morgan fingerprint density at radius 1 is 0.972 bits per heavy atom. The molecular formula is C28H32FN3O3S. The molecule has 6 nitrogen and oxygen atoms in total. The minimum absolute atomic E-state index is 0.0353. The second-order valence-corrected chi connectivity index (χ2v) is 11.4. The highest BCUT2D eigenvalue weighted by molar-refractivity contribution is 7.90. The van der Waals surface area contributed by atoms with E-state index >= 15 is 0 Å². The Kier molecular flexibility index (Phi) is 7.76. The fraction of sp³-hybridized carbons (Fsp3) is 0.321. The zero-order chi connectivity index (χ0) is 25.9. The number of nitrogens with one attached hydrogen (secondary N) is 1. The van der Waals surface area contributed by atoms with E-state index in [-0.39, 0.29) is 24.2 Å². The highest BCUT2D eigenvalue weighted by Gasteiger charge is 2.27. The van der Waals surface area contributed by atoms with Crippen LogP contribution >= 0.6 is 0 Å². The van der Waals surface area contributed by atoms with Gasteiger partial charge in [0.2, 0.25) is 0 Å². The maximum absolute atomic E-state index is 14.5. The van der Waals surface area contributed by atoms with Gasteiger partial charge in [0.1, 0.15) is 5.82 Å². The summed E-state index contributed by atoms with van der Waals surface area (Å²) in [4.78, 5) is 12.9. The molecule has 0 spiro atoms. The summed E-state index contributed by atoms with van der Waals surface area (Å²) in [5.74, 6) is -0.839. The van der Waals surface area contributed by atoms with Crippen molar-refractivity contribution in [2.45, 2.75) is 45.2 Å². The molecule has 0 unspecified atom stereocenters. The van der Waals surface area contributed by atoms with E-state index in [1.807, 2.05) is 6.92 Å². The zero-order valence-corrected chi connectivity index (χ0v) is 21.7. The standard InChI is InChI=1S/C28H32FN3O3S/c1-20(24-17-16-22-8-4-5-9-25(22)18-24)30-28(33)23-14-12-21(13-15-23)19-32(36(34,35)31(2)3)27-11-7-6-10-26(27)29/h6-7,10-18,20H,4-5,8-9,19H2,1-3H3,(H,30,33)/t20-/m1/s1. The monoisotopic (exact) mass is 509 g/mol. The van der Waals surface area contributed by atoms with Gasteiger partial charge in [-0.1, -0.05) is 42.5 Å². The molecular weight excluding hydrogens is 477 g/mol. The number of carbonyl (C=O) groups excluding carboxylic acids is 1. The van der Waals surface area contributed by atoms with Gasteiger partial charge in [-0.05, 0) is 79.1 Å². The van der Waals surface area contributed by atoms with Gasteiger partial charge in [-0.15, -0.1) is 0 Å². The number of carbonyl (C=O) groups is 1. The van der Waals surface area contributed by atoms with E-state index in [0.29, 0.717) is 11.1 Å². The first kappa shape index (κ1) is 25.9. The number of hydrogen-bond acceptors (Lipinski definition) is 3.